The van der Waals surface area contributed by atoms with Crippen LogP contribution in [0.4, 0.5) is 0 Å². The van der Waals surface area contributed by atoms with Crippen molar-refractivity contribution in [3.05, 3.63) is 28.2 Å². The molecule has 0 unspecified atom stereocenters. The number of carbonyl (C=O) groups excluding carboxylic acids is 1. The zero-order valence-electron chi connectivity index (χ0n) is 10.0. The molecule has 0 atom stereocenters. The van der Waals surface area contributed by atoms with E-state index in [1.54, 1.807) is 0 Å². The summed E-state index contributed by atoms with van der Waals surface area (Å²) in [6, 6.07) is 2.80. The largest absolute Gasteiger partial charge is 0.348 e. The van der Waals surface area contributed by atoms with E-state index in [2.05, 4.69) is 10.4 Å². The van der Waals surface area contributed by atoms with Gasteiger partial charge in [-0.1, -0.05) is 0 Å². The summed E-state index contributed by atoms with van der Waals surface area (Å²) in [6.07, 6.45) is 0. The van der Waals surface area contributed by atoms with Gasteiger partial charge in [0.2, 0.25) is 0 Å². The third kappa shape index (κ3) is 2.92. The van der Waals surface area contributed by atoms with Crippen LogP contribution in [-0.2, 0) is 0 Å². The van der Waals surface area contributed by atoms with Gasteiger partial charge in [-0.15, -0.1) is 0 Å². The minimum absolute atomic E-state index is 0.0497. The molecule has 16 heavy (non-hydrogen) atoms. The van der Waals surface area contributed by atoms with E-state index < -0.39 is 0 Å². The monoisotopic (exact) mass is 223 g/mol. The van der Waals surface area contributed by atoms with Crippen LogP contribution in [0.25, 0.3) is 0 Å². The molecule has 0 aliphatic carbocycles. The molecule has 0 aliphatic heterocycles. The summed E-state index contributed by atoms with van der Waals surface area (Å²) in [5, 5.41) is 6.74. The fourth-order valence-electron chi connectivity index (χ4n) is 1.25. The second-order valence-electron chi connectivity index (χ2n) is 4.22. The van der Waals surface area contributed by atoms with Crippen LogP contribution < -0.4 is 10.9 Å². The maximum Gasteiger partial charge on any atom is 0.271 e. The summed E-state index contributed by atoms with van der Waals surface area (Å²) < 4.78 is 1.30. The molecule has 0 aromatic carbocycles. The Morgan fingerprint density at radius 3 is 2.44 bits per heavy atom. The van der Waals surface area contributed by atoms with E-state index in [-0.39, 0.29) is 29.2 Å². The zero-order chi connectivity index (χ0) is 12.3. The number of amides is 1. The molecule has 1 N–H and O–H groups in total. The van der Waals surface area contributed by atoms with Crippen LogP contribution in [0.1, 0.15) is 44.2 Å². The molecule has 0 saturated carbocycles. The normalized spacial score (nSPS) is 10.9. The molecule has 1 aromatic heterocycles. The highest BCUT2D eigenvalue weighted by Crippen LogP contribution is 1.99. The number of rotatable bonds is 3. The van der Waals surface area contributed by atoms with Gasteiger partial charge in [-0.2, -0.15) is 5.10 Å². The number of nitrogens with one attached hydrogen (secondary N) is 1. The predicted molar refractivity (Wildman–Crippen MR) is 61.5 cm³/mol. The van der Waals surface area contributed by atoms with Crippen molar-refractivity contribution < 1.29 is 4.79 Å². The van der Waals surface area contributed by atoms with Crippen LogP contribution >= 0.6 is 0 Å². The average molecular weight is 223 g/mol. The average Bonchev–Trinajstić information content (AvgIpc) is 2.16. The smallest absolute Gasteiger partial charge is 0.271 e. The van der Waals surface area contributed by atoms with Crippen LogP contribution in [0.3, 0.4) is 0 Å². The summed E-state index contributed by atoms with van der Waals surface area (Å²) in [5.41, 5.74) is 0.0677. The van der Waals surface area contributed by atoms with Crippen molar-refractivity contribution in [2.45, 2.75) is 39.8 Å². The maximum atomic E-state index is 11.7. The zero-order valence-corrected chi connectivity index (χ0v) is 10.0. The summed E-state index contributed by atoms with van der Waals surface area (Å²) in [4.78, 5) is 23.1. The highest BCUT2D eigenvalue weighted by Gasteiger charge is 2.11. The van der Waals surface area contributed by atoms with Crippen molar-refractivity contribution in [2.24, 2.45) is 0 Å². The Labute approximate surface area is 94.5 Å². The Morgan fingerprint density at radius 2 is 1.94 bits per heavy atom. The van der Waals surface area contributed by atoms with E-state index in [0.29, 0.717) is 0 Å². The lowest BCUT2D eigenvalue weighted by molar-refractivity contribution is 0.0935. The first-order chi connectivity index (χ1) is 7.41. The van der Waals surface area contributed by atoms with E-state index >= 15 is 0 Å². The van der Waals surface area contributed by atoms with Crippen LogP contribution in [0.5, 0.6) is 0 Å². The second kappa shape index (κ2) is 4.92. The van der Waals surface area contributed by atoms with Gasteiger partial charge in [0, 0.05) is 12.1 Å². The number of hydrogen-bond acceptors (Lipinski definition) is 3. The van der Waals surface area contributed by atoms with Gasteiger partial charge in [-0.05, 0) is 33.8 Å². The Bertz CT molecular complexity index is 435. The van der Waals surface area contributed by atoms with E-state index in [4.69, 9.17) is 0 Å². The molecule has 0 bridgehead atoms. The number of aromatic nitrogens is 2. The molecule has 0 radical (unpaired) electrons. The maximum absolute atomic E-state index is 11.7. The number of carbonyl (C=O) groups is 1. The molecule has 88 valence electrons. The third-order valence-electron chi connectivity index (χ3n) is 1.97. The van der Waals surface area contributed by atoms with Crippen LogP contribution in [0.2, 0.25) is 0 Å². The lowest BCUT2D eigenvalue weighted by Gasteiger charge is -2.11. The molecule has 1 amide bonds. The predicted octanol–water partition coefficient (Wildman–Crippen LogP) is 0.962. The molecule has 5 nitrogen and oxygen atoms in total. The second-order valence-corrected chi connectivity index (χ2v) is 4.22. The lowest BCUT2D eigenvalue weighted by Crippen LogP contribution is -2.33. The fraction of sp³-hybridized carbons (Fsp3) is 0.545. The molecular weight excluding hydrogens is 206 g/mol. The Morgan fingerprint density at radius 1 is 1.31 bits per heavy atom. The van der Waals surface area contributed by atoms with Crippen LogP contribution in [0, 0.1) is 0 Å². The first kappa shape index (κ1) is 12.4. The van der Waals surface area contributed by atoms with Crippen molar-refractivity contribution in [3.63, 3.8) is 0 Å². The SMILES string of the molecule is CC(C)NC(=O)c1ccc(=O)n(C(C)C)n1. The Kier molecular flexibility index (Phi) is 3.82. The van der Waals surface area contributed by atoms with E-state index in [0.717, 1.165) is 0 Å². The molecule has 1 aromatic rings. The summed E-state index contributed by atoms with van der Waals surface area (Å²) >= 11 is 0. The molecule has 0 spiro atoms. The fourth-order valence-corrected chi connectivity index (χ4v) is 1.25. The van der Waals surface area contributed by atoms with Gasteiger partial charge in [-0.3, -0.25) is 9.59 Å². The van der Waals surface area contributed by atoms with Gasteiger partial charge < -0.3 is 5.32 Å². The number of hydrogen-bond donors (Lipinski definition) is 1. The van der Waals surface area contributed by atoms with Crippen molar-refractivity contribution in [1.29, 1.82) is 0 Å². The van der Waals surface area contributed by atoms with Gasteiger partial charge in [0.05, 0.1) is 6.04 Å². The summed E-state index contributed by atoms with van der Waals surface area (Å²) in [5.74, 6) is -0.260. The molecule has 0 fully saturated rings. The molecular formula is C11H17N3O2. The van der Waals surface area contributed by atoms with Gasteiger partial charge >= 0.3 is 0 Å². The van der Waals surface area contributed by atoms with E-state index in [1.165, 1.54) is 16.8 Å². The van der Waals surface area contributed by atoms with E-state index in [1.807, 2.05) is 27.7 Å². The minimum atomic E-state index is -0.260. The van der Waals surface area contributed by atoms with Crippen LogP contribution in [0.15, 0.2) is 16.9 Å². The van der Waals surface area contributed by atoms with Crippen molar-refractivity contribution in [3.8, 4) is 0 Å². The van der Waals surface area contributed by atoms with Gasteiger partial charge in [0.15, 0.2) is 0 Å². The first-order valence-electron chi connectivity index (χ1n) is 5.32. The molecule has 1 rings (SSSR count). The highest BCUT2D eigenvalue weighted by molar-refractivity contribution is 5.92. The van der Waals surface area contributed by atoms with Gasteiger partial charge in [-0.25, -0.2) is 4.68 Å². The first-order valence-corrected chi connectivity index (χ1v) is 5.32. The topological polar surface area (TPSA) is 64.0 Å². The molecule has 1 heterocycles. The van der Waals surface area contributed by atoms with Gasteiger partial charge in [0.25, 0.3) is 11.5 Å². The minimum Gasteiger partial charge on any atom is -0.348 e. The van der Waals surface area contributed by atoms with Crippen LogP contribution in [-0.4, -0.2) is 21.7 Å². The highest BCUT2D eigenvalue weighted by atomic mass is 16.2. The third-order valence-corrected chi connectivity index (χ3v) is 1.97. The van der Waals surface area contributed by atoms with Gasteiger partial charge in [0.1, 0.15) is 5.69 Å². The van der Waals surface area contributed by atoms with E-state index in [9.17, 15) is 9.59 Å². The molecule has 5 heteroatoms. The van der Waals surface area contributed by atoms with Crippen molar-refractivity contribution in [1.82, 2.24) is 15.1 Å². The van der Waals surface area contributed by atoms with Crippen molar-refractivity contribution in [2.75, 3.05) is 0 Å². The summed E-state index contributed by atoms with van der Waals surface area (Å²) in [7, 11) is 0. The number of nitrogens with zero attached hydrogens (tertiary/aromatic N) is 2. The van der Waals surface area contributed by atoms with Crippen molar-refractivity contribution >= 4 is 5.91 Å². The summed E-state index contributed by atoms with van der Waals surface area (Å²) in [6.45, 7) is 7.43. The molecule has 0 aliphatic rings. The molecule has 0 saturated heterocycles. The quantitative estimate of drug-likeness (QED) is 0.830. The Balaban J connectivity index is 3.03. The lowest BCUT2D eigenvalue weighted by atomic mass is 10.3. The Hall–Kier alpha value is -1.65. The standard InChI is InChI=1S/C11H17N3O2/c1-7(2)12-11(16)9-5-6-10(15)14(13-9)8(3)4/h5-8H,1-4H3,(H,12,16).